The van der Waals surface area contributed by atoms with Crippen LogP contribution in [0.1, 0.15) is 28.7 Å². The summed E-state index contributed by atoms with van der Waals surface area (Å²) in [7, 11) is 0. The van der Waals surface area contributed by atoms with E-state index in [4.69, 9.17) is 10.5 Å². The Labute approximate surface area is 113 Å². The number of aryl methyl sites for hydroxylation is 3. The summed E-state index contributed by atoms with van der Waals surface area (Å²) < 4.78 is 5.88. The van der Waals surface area contributed by atoms with Crippen molar-refractivity contribution in [3.05, 3.63) is 52.7 Å². The molecule has 1 heterocycles. The highest BCUT2D eigenvalue weighted by Crippen LogP contribution is 2.29. The van der Waals surface area contributed by atoms with Gasteiger partial charge in [-0.1, -0.05) is 6.07 Å². The second-order valence-electron chi connectivity index (χ2n) is 5.06. The fraction of sp³-hybridized carbons (Fsp3) is 0.312. The summed E-state index contributed by atoms with van der Waals surface area (Å²) in [5, 5.41) is 0. The topological polar surface area (TPSA) is 48.1 Å². The molecule has 3 nitrogen and oxygen atoms in total. The van der Waals surface area contributed by atoms with Gasteiger partial charge in [0.05, 0.1) is 0 Å². The van der Waals surface area contributed by atoms with Gasteiger partial charge in [-0.15, -0.1) is 0 Å². The van der Waals surface area contributed by atoms with E-state index in [-0.39, 0.29) is 0 Å². The van der Waals surface area contributed by atoms with Crippen molar-refractivity contribution in [3.63, 3.8) is 0 Å². The van der Waals surface area contributed by atoms with Crippen LogP contribution < -0.4 is 10.5 Å². The van der Waals surface area contributed by atoms with Crippen molar-refractivity contribution in [2.75, 3.05) is 0 Å². The van der Waals surface area contributed by atoms with Gasteiger partial charge in [0.1, 0.15) is 5.75 Å². The van der Waals surface area contributed by atoms with Gasteiger partial charge in [0.2, 0.25) is 5.88 Å². The number of hydrogen-bond acceptors (Lipinski definition) is 3. The summed E-state index contributed by atoms with van der Waals surface area (Å²) in [6, 6.07) is 8.36. The number of benzene rings is 1. The van der Waals surface area contributed by atoms with E-state index in [1.54, 1.807) is 6.20 Å². The maximum absolute atomic E-state index is 5.88. The molecule has 1 aromatic carbocycles. The Kier molecular flexibility index (Phi) is 3.22. The second-order valence-corrected chi connectivity index (χ2v) is 5.06. The van der Waals surface area contributed by atoms with Crippen LogP contribution in [0.4, 0.5) is 0 Å². The molecule has 2 aromatic rings. The molecule has 0 saturated carbocycles. The van der Waals surface area contributed by atoms with Gasteiger partial charge in [-0.25, -0.2) is 4.98 Å². The highest BCUT2D eigenvalue weighted by molar-refractivity contribution is 5.41. The molecular weight excluding hydrogens is 236 g/mol. The van der Waals surface area contributed by atoms with E-state index in [1.165, 1.54) is 24.0 Å². The van der Waals surface area contributed by atoms with E-state index in [0.717, 1.165) is 23.3 Å². The zero-order valence-corrected chi connectivity index (χ0v) is 11.1. The average Bonchev–Trinajstić information content (AvgIpc) is 2.88. The number of hydrogen-bond donors (Lipinski definition) is 1. The lowest BCUT2D eigenvalue weighted by molar-refractivity contribution is 0.458. The number of fused-ring (bicyclic) bond motifs is 1. The predicted molar refractivity (Wildman–Crippen MR) is 75.4 cm³/mol. The van der Waals surface area contributed by atoms with E-state index >= 15 is 0 Å². The van der Waals surface area contributed by atoms with E-state index in [0.29, 0.717) is 12.4 Å². The van der Waals surface area contributed by atoms with Gasteiger partial charge in [0.25, 0.3) is 0 Å². The zero-order valence-electron chi connectivity index (χ0n) is 11.1. The molecule has 1 aliphatic carbocycles. The zero-order chi connectivity index (χ0) is 13.2. The first-order chi connectivity index (χ1) is 9.26. The number of aromatic nitrogens is 1. The minimum Gasteiger partial charge on any atom is -0.439 e. The number of rotatable bonds is 3. The molecule has 2 N–H and O–H groups in total. The number of nitrogens with two attached hydrogens (primary N) is 1. The predicted octanol–water partition coefficient (Wildman–Crippen LogP) is 3.13. The molecule has 0 saturated heterocycles. The molecular formula is C16H18N2O. The van der Waals surface area contributed by atoms with Gasteiger partial charge in [-0.3, -0.25) is 0 Å². The van der Waals surface area contributed by atoms with Crippen LogP contribution in [-0.2, 0) is 19.4 Å². The van der Waals surface area contributed by atoms with E-state index < -0.39 is 0 Å². The lowest BCUT2D eigenvalue weighted by Crippen LogP contribution is -1.99. The number of nitrogens with zero attached hydrogens (tertiary/aromatic N) is 1. The summed E-state index contributed by atoms with van der Waals surface area (Å²) >= 11 is 0. The maximum Gasteiger partial charge on any atom is 0.222 e. The lowest BCUT2D eigenvalue weighted by Gasteiger charge is -2.10. The Morgan fingerprint density at radius 2 is 2.05 bits per heavy atom. The van der Waals surface area contributed by atoms with Crippen molar-refractivity contribution in [1.29, 1.82) is 0 Å². The van der Waals surface area contributed by atoms with Crippen LogP contribution in [0.2, 0.25) is 0 Å². The molecule has 0 atom stereocenters. The van der Waals surface area contributed by atoms with Crippen LogP contribution in [0.15, 0.2) is 30.5 Å². The summed E-state index contributed by atoms with van der Waals surface area (Å²) in [5.41, 5.74) is 10.5. The van der Waals surface area contributed by atoms with Gasteiger partial charge >= 0.3 is 0 Å². The van der Waals surface area contributed by atoms with Crippen LogP contribution >= 0.6 is 0 Å². The number of ether oxygens (including phenoxy) is 1. The molecule has 0 spiro atoms. The average molecular weight is 254 g/mol. The van der Waals surface area contributed by atoms with E-state index in [1.807, 2.05) is 19.1 Å². The van der Waals surface area contributed by atoms with Gasteiger partial charge in [-0.2, -0.15) is 0 Å². The van der Waals surface area contributed by atoms with Crippen molar-refractivity contribution in [2.24, 2.45) is 5.73 Å². The molecule has 3 rings (SSSR count). The molecule has 19 heavy (non-hydrogen) atoms. The molecule has 0 aliphatic heterocycles. The van der Waals surface area contributed by atoms with Crippen molar-refractivity contribution >= 4 is 0 Å². The third-order valence-corrected chi connectivity index (χ3v) is 3.61. The fourth-order valence-corrected chi connectivity index (χ4v) is 2.56. The van der Waals surface area contributed by atoms with Crippen LogP contribution in [0, 0.1) is 6.92 Å². The first-order valence-corrected chi connectivity index (χ1v) is 6.71. The summed E-state index contributed by atoms with van der Waals surface area (Å²) in [6.07, 6.45) is 5.38. The summed E-state index contributed by atoms with van der Waals surface area (Å²) in [5.74, 6) is 1.53. The van der Waals surface area contributed by atoms with E-state index in [9.17, 15) is 0 Å². The first-order valence-electron chi connectivity index (χ1n) is 6.71. The molecule has 98 valence electrons. The van der Waals surface area contributed by atoms with Gasteiger partial charge in [-0.05, 0) is 61.1 Å². The molecule has 0 unspecified atom stereocenters. The quantitative estimate of drug-likeness (QED) is 0.915. The van der Waals surface area contributed by atoms with Gasteiger partial charge < -0.3 is 10.5 Å². The minimum atomic E-state index is 0.507. The molecule has 0 amide bonds. The Morgan fingerprint density at radius 1 is 1.21 bits per heavy atom. The Hall–Kier alpha value is -1.87. The second kappa shape index (κ2) is 5.02. The highest BCUT2D eigenvalue weighted by Gasteiger charge is 2.12. The molecule has 0 bridgehead atoms. The van der Waals surface area contributed by atoms with Crippen molar-refractivity contribution < 1.29 is 4.74 Å². The van der Waals surface area contributed by atoms with Crippen molar-refractivity contribution in [1.82, 2.24) is 4.98 Å². The lowest BCUT2D eigenvalue weighted by atomic mass is 10.1. The summed E-state index contributed by atoms with van der Waals surface area (Å²) in [4.78, 5) is 4.34. The Morgan fingerprint density at radius 3 is 2.84 bits per heavy atom. The van der Waals surface area contributed by atoms with Gasteiger partial charge in [0.15, 0.2) is 0 Å². The van der Waals surface area contributed by atoms with Crippen molar-refractivity contribution in [3.8, 4) is 11.6 Å². The smallest absolute Gasteiger partial charge is 0.222 e. The highest BCUT2D eigenvalue weighted by atomic mass is 16.5. The van der Waals surface area contributed by atoms with Gasteiger partial charge in [0, 0.05) is 18.3 Å². The first kappa shape index (κ1) is 12.2. The summed E-state index contributed by atoms with van der Waals surface area (Å²) in [6.45, 7) is 2.50. The molecule has 1 aliphatic rings. The third-order valence-electron chi connectivity index (χ3n) is 3.61. The Bertz CT molecular complexity index is 608. The van der Waals surface area contributed by atoms with Crippen molar-refractivity contribution in [2.45, 2.75) is 32.7 Å². The normalized spacial score (nSPS) is 13.4. The molecule has 0 fully saturated rings. The Balaban J connectivity index is 1.85. The monoisotopic (exact) mass is 254 g/mol. The SMILES string of the molecule is Cc1cc(CN)cnc1Oc1ccc2c(c1)CCC2. The standard InChI is InChI=1S/C16H18N2O/c1-11-7-12(9-17)10-18-16(11)19-15-6-5-13-3-2-4-14(13)8-15/h5-8,10H,2-4,9,17H2,1H3. The maximum atomic E-state index is 5.88. The van der Waals surface area contributed by atoms with Crippen LogP contribution in [0.3, 0.4) is 0 Å². The van der Waals surface area contributed by atoms with E-state index in [2.05, 4.69) is 17.1 Å². The fourth-order valence-electron chi connectivity index (χ4n) is 2.56. The molecule has 0 radical (unpaired) electrons. The molecule has 3 heteroatoms. The van der Waals surface area contributed by atoms with Crippen LogP contribution in [0.25, 0.3) is 0 Å². The third kappa shape index (κ3) is 2.47. The number of pyridine rings is 1. The molecule has 1 aromatic heterocycles. The van der Waals surface area contributed by atoms with Crippen LogP contribution in [-0.4, -0.2) is 4.98 Å². The minimum absolute atomic E-state index is 0.507. The largest absolute Gasteiger partial charge is 0.439 e. The van der Waals surface area contributed by atoms with Crippen LogP contribution in [0.5, 0.6) is 11.6 Å².